The first-order chi connectivity index (χ1) is 14.0. The molecule has 1 aromatic carbocycles. The van der Waals surface area contributed by atoms with Crippen LogP contribution in [0.15, 0.2) is 33.6 Å². The van der Waals surface area contributed by atoms with Crippen LogP contribution in [-0.4, -0.2) is 62.0 Å². The Morgan fingerprint density at radius 1 is 1.10 bits per heavy atom. The number of benzene rings is 1. The van der Waals surface area contributed by atoms with Gasteiger partial charge in [-0.2, -0.15) is 8.42 Å². The maximum absolute atomic E-state index is 12.8. The van der Waals surface area contributed by atoms with Gasteiger partial charge in [0.1, 0.15) is 11.9 Å². The Hall–Kier alpha value is -2.42. The maximum atomic E-state index is 12.8. The van der Waals surface area contributed by atoms with E-state index in [1.54, 1.807) is 17.0 Å². The second-order valence-corrected chi connectivity index (χ2v) is 10.5. The van der Waals surface area contributed by atoms with Crippen molar-refractivity contribution in [2.45, 2.75) is 57.4 Å². The number of hydrogen-bond acceptors (Lipinski definition) is 4. The van der Waals surface area contributed by atoms with Crippen molar-refractivity contribution in [2.75, 3.05) is 25.5 Å². The van der Waals surface area contributed by atoms with Crippen molar-refractivity contribution in [1.82, 2.24) is 9.80 Å². The van der Waals surface area contributed by atoms with E-state index in [2.05, 4.69) is 9.71 Å². The summed E-state index contributed by atoms with van der Waals surface area (Å²) in [6.07, 6.45) is 2.94. The summed E-state index contributed by atoms with van der Waals surface area (Å²) in [5.74, 6) is 0.267. The molecule has 1 aromatic rings. The predicted molar refractivity (Wildman–Crippen MR) is 116 cm³/mol. The molecule has 164 valence electrons. The second-order valence-electron chi connectivity index (χ2n) is 8.93. The van der Waals surface area contributed by atoms with Crippen molar-refractivity contribution in [1.29, 1.82) is 0 Å². The number of likely N-dealkylation sites (tertiary alicyclic amines) is 2. The zero-order chi connectivity index (χ0) is 22.1. The first-order valence-electron chi connectivity index (χ1n) is 10.3. The molecule has 2 fully saturated rings. The fourth-order valence-electron chi connectivity index (χ4n) is 3.75. The third kappa shape index (κ3) is 4.83. The Kier molecular flexibility index (Phi) is 6.21. The number of carbonyl (C=O) groups excluding carboxylic acids is 2. The smallest absolute Gasteiger partial charge is 0.283 e. The van der Waals surface area contributed by atoms with Crippen LogP contribution in [0.25, 0.3) is 0 Å². The minimum Gasteiger partial charge on any atom is -0.362 e. The largest absolute Gasteiger partial charge is 0.362 e. The van der Waals surface area contributed by atoms with Crippen LogP contribution in [-0.2, 0) is 19.6 Å². The Labute approximate surface area is 178 Å². The monoisotopic (exact) mass is 434 g/mol. The summed E-state index contributed by atoms with van der Waals surface area (Å²) < 4.78 is 29.0. The van der Waals surface area contributed by atoms with Crippen LogP contribution in [0.3, 0.4) is 0 Å². The molecule has 0 radical (unpaired) electrons. The first-order valence-corrected chi connectivity index (χ1v) is 11.7. The molecule has 0 bridgehead atoms. The molecule has 1 N–H and O–H groups in total. The molecule has 1 atom stereocenters. The number of nitrogens with one attached hydrogen (secondary N) is 1. The number of hydrogen-bond donors (Lipinski definition) is 1. The zero-order valence-electron chi connectivity index (χ0n) is 18.0. The lowest BCUT2D eigenvalue weighted by molar-refractivity contribution is -0.143. The van der Waals surface area contributed by atoms with Gasteiger partial charge < -0.3 is 15.1 Å². The lowest BCUT2D eigenvalue weighted by atomic mass is 9.94. The molecule has 2 saturated heterocycles. The van der Waals surface area contributed by atoms with Crippen molar-refractivity contribution in [2.24, 2.45) is 9.81 Å². The van der Waals surface area contributed by atoms with E-state index in [0.29, 0.717) is 30.9 Å². The van der Waals surface area contributed by atoms with E-state index in [9.17, 15) is 18.0 Å². The molecule has 0 saturated carbocycles. The van der Waals surface area contributed by atoms with Crippen molar-refractivity contribution in [3.05, 3.63) is 24.3 Å². The highest BCUT2D eigenvalue weighted by molar-refractivity contribution is 7.90. The fourth-order valence-corrected chi connectivity index (χ4v) is 4.84. The minimum absolute atomic E-state index is 0.0439. The Morgan fingerprint density at radius 3 is 2.33 bits per heavy atom. The number of rotatable bonds is 4. The van der Waals surface area contributed by atoms with Gasteiger partial charge in [-0.3, -0.25) is 9.59 Å². The highest BCUT2D eigenvalue weighted by Gasteiger charge is 2.38. The Morgan fingerprint density at radius 2 is 1.77 bits per heavy atom. The molecule has 2 amide bonds. The SMILES string of the molecule is CN1CCC/C1=N\S(=O)(=O)c1ccc(NC(=O)C2CCCN2C(=O)C(C)(C)C)cc1. The van der Waals surface area contributed by atoms with Gasteiger partial charge in [-0.05, 0) is 43.5 Å². The molecule has 0 aliphatic carbocycles. The molecule has 3 rings (SSSR count). The van der Waals surface area contributed by atoms with E-state index in [1.165, 1.54) is 12.1 Å². The summed E-state index contributed by atoms with van der Waals surface area (Å²) in [6, 6.07) is 5.47. The number of nitrogens with zero attached hydrogens (tertiary/aromatic N) is 3. The van der Waals surface area contributed by atoms with Crippen LogP contribution in [0.4, 0.5) is 5.69 Å². The molecule has 9 heteroatoms. The molecule has 30 heavy (non-hydrogen) atoms. The molecule has 2 aliphatic rings. The molecular formula is C21H30N4O4S. The standard InChI is InChI=1S/C21H30N4O4S/c1-21(2,3)20(27)25-14-5-7-17(25)19(26)22-15-9-11-16(12-10-15)30(28,29)23-18-8-6-13-24(18)4/h9-12,17H,5-8,13-14H2,1-4H3,(H,22,26)/b23-18+. The van der Waals surface area contributed by atoms with Gasteiger partial charge in [-0.1, -0.05) is 20.8 Å². The summed E-state index contributed by atoms with van der Waals surface area (Å²) in [4.78, 5) is 28.9. The van der Waals surface area contributed by atoms with Crippen LogP contribution < -0.4 is 5.32 Å². The second kappa shape index (κ2) is 8.37. The van der Waals surface area contributed by atoms with Crippen LogP contribution in [0.2, 0.25) is 0 Å². The zero-order valence-corrected chi connectivity index (χ0v) is 18.8. The molecular weight excluding hydrogens is 404 g/mol. The highest BCUT2D eigenvalue weighted by Crippen LogP contribution is 2.26. The van der Waals surface area contributed by atoms with E-state index < -0.39 is 21.5 Å². The molecule has 0 aromatic heterocycles. The molecule has 1 unspecified atom stereocenters. The topological polar surface area (TPSA) is 99.2 Å². The van der Waals surface area contributed by atoms with Crippen LogP contribution in [0, 0.1) is 5.41 Å². The summed E-state index contributed by atoms with van der Waals surface area (Å²) in [5, 5.41) is 2.81. The van der Waals surface area contributed by atoms with Gasteiger partial charge >= 0.3 is 0 Å². The number of anilines is 1. The van der Waals surface area contributed by atoms with Crippen LogP contribution >= 0.6 is 0 Å². The lowest BCUT2D eigenvalue weighted by Crippen LogP contribution is -2.47. The molecule has 2 aliphatic heterocycles. The summed E-state index contributed by atoms with van der Waals surface area (Å²) >= 11 is 0. The van der Waals surface area contributed by atoms with Gasteiger partial charge in [0.15, 0.2) is 0 Å². The van der Waals surface area contributed by atoms with Crippen LogP contribution in [0.1, 0.15) is 46.5 Å². The quantitative estimate of drug-likeness (QED) is 0.785. The minimum atomic E-state index is -3.79. The van der Waals surface area contributed by atoms with E-state index in [1.807, 2.05) is 32.7 Å². The predicted octanol–water partition coefficient (Wildman–Crippen LogP) is 2.47. The van der Waals surface area contributed by atoms with E-state index in [4.69, 9.17) is 0 Å². The third-order valence-electron chi connectivity index (χ3n) is 5.44. The van der Waals surface area contributed by atoms with Crippen molar-refractivity contribution < 1.29 is 18.0 Å². The average Bonchev–Trinajstić information content (AvgIpc) is 3.30. The van der Waals surface area contributed by atoms with E-state index >= 15 is 0 Å². The normalized spacial score (nSPS) is 21.3. The lowest BCUT2D eigenvalue weighted by Gasteiger charge is -2.30. The summed E-state index contributed by atoms with van der Waals surface area (Å²) in [7, 11) is -1.96. The number of sulfonamides is 1. The van der Waals surface area contributed by atoms with Gasteiger partial charge in [0.05, 0.1) is 4.90 Å². The number of amidine groups is 1. The van der Waals surface area contributed by atoms with Gasteiger partial charge in [-0.25, -0.2) is 0 Å². The number of amides is 2. The summed E-state index contributed by atoms with van der Waals surface area (Å²) in [5.41, 5.74) is -0.0621. The fraction of sp³-hybridized carbons (Fsp3) is 0.571. The van der Waals surface area contributed by atoms with E-state index in [-0.39, 0.29) is 16.7 Å². The van der Waals surface area contributed by atoms with E-state index in [0.717, 1.165) is 19.4 Å². The van der Waals surface area contributed by atoms with Crippen LogP contribution in [0.5, 0.6) is 0 Å². The molecule has 2 heterocycles. The highest BCUT2D eigenvalue weighted by atomic mass is 32.2. The van der Waals surface area contributed by atoms with Gasteiger partial charge in [-0.15, -0.1) is 4.40 Å². The van der Waals surface area contributed by atoms with Crippen molar-refractivity contribution >= 4 is 33.4 Å². The van der Waals surface area contributed by atoms with Gasteiger partial charge in [0, 0.05) is 37.7 Å². The maximum Gasteiger partial charge on any atom is 0.283 e. The Balaban J connectivity index is 1.70. The summed E-state index contributed by atoms with van der Waals surface area (Å²) in [6.45, 7) is 6.90. The van der Waals surface area contributed by atoms with Gasteiger partial charge in [0.2, 0.25) is 11.8 Å². The van der Waals surface area contributed by atoms with Gasteiger partial charge in [0.25, 0.3) is 10.0 Å². The number of carbonyl (C=O) groups is 2. The van der Waals surface area contributed by atoms with Crippen molar-refractivity contribution in [3.63, 3.8) is 0 Å². The first kappa shape index (κ1) is 22.3. The van der Waals surface area contributed by atoms with Crippen molar-refractivity contribution in [3.8, 4) is 0 Å². The molecule has 0 spiro atoms. The Bertz CT molecular complexity index is 948. The third-order valence-corrected chi connectivity index (χ3v) is 6.76. The molecule has 8 nitrogen and oxygen atoms in total. The average molecular weight is 435 g/mol.